The molecule has 0 aromatic heterocycles. The van der Waals surface area contributed by atoms with E-state index in [1.54, 1.807) is 0 Å². The number of aliphatic hydroxyl groups excluding tert-OH is 1. The van der Waals surface area contributed by atoms with Gasteiger partial charge in [0.15, 0.2) is 0 Å². The van der Waals surface area contributed by atoms with Gasteiger partial charge in [-0.05, 0) is 54.9 Å². The van der Waals surface area contributed by atoms with Gasteiger partial charge < -0.3 is 9.84 Å². The summed E-state index contributed by atoms with van der Waals surface area (Å²) in [5.41, 5.74) is 2.84. The number of aliphatic hydroxyl groups is 1. The van der Waals surface area contributed by atoms with E-state index in [2.05, 4.69) is 19.9 Å². The lowest BCUT2D eigenvalue weighted by Crippen LogP contribution is -2.22. The number of ether oxygens (including phenoxy) is 1. The number of benzene rings is 1. The first-order chi connectivity index (χ1) is 12.1. The molecule has 2 rings (SSSR count). The van der Waals surface area contributed by atoms with Crippen molar-refractivity contribution in [3.63, 3.8) is 0 Å². The van der Waals surface area contributed by atoms with Crippen molar-refractivity contribution in [3.05, 3.63) is 34.9 Å². The zero-order valence-corrected chi connectivity index (χ0v) is 15.9. The molecule has 0 heterocycles. The number of hydrogen-bond acceptors (Lipinski definition) is 4. The first kappa shape index (κ1) is 21.2. The fraction of sp³-hybridized carbons (Fsp3) is 0.619. The van der Waals surface area contributed by atoms with E-state index >= 15 is 0 Å². The smallest absolute Gasteiger partial charge is 0.313 e. The van der Waals surface area contributed by atoms with Crippen LogP contribution in [0.3, 0.4) is 0 Å². The van der Waals surface area contributed by atoms with Gasteiger partial charge in [-0.3, -0.25) is 4.79 Å². The normalized spacial score (nSPS) is 19.2. The summed E-state index contributed by atoms with van der Waals surface area (Å²) in [4.78, 5) is 12.5. The van der Waals surface area contributed by atoms with Gasteiger partial charge in [-0.15, -0.1) is 0 Å². The molecule has 4 nitrogen and oxygen atoms in total. The Kier molecular flexibility index (Phi) is 9.23. The number of nitrogens with zero attached hydrogens (tertiary/aromatic N) is 1. The van der Waals surface area contributed by atoms with Crippen LogP contribution in [0.25, 0.3) is 0 Å². The van der Waals surface area contributed by atoms with Crippen LogP contribution in [-0.4, -0.2) is 24.8 Å². The molecule has 1 N–H and O–H groups in total. The minimum absolute atomic E-state index is 0.127. The predicted octanol–water partition coefficient (Wildman–Crippen LogP) is 4.20. The number of nitriles is 1. The maximum Gasteiger partial charge on any atom is 0.313 e. The predicted molar refractivity (Wildman–Crippen MR) is 99.2 cm³/mol. The quantitative estimate of drug-likeness (QED) is 0.752. The Bertz CT molecular complexity index is 591. The van der Waals surface area contributed by atoms with Gasteiger partial charge in [-0.1, -0.05) is 39.2 Å². The molecule has 0 saturated heterocycles. The van der Waals surface area contributed by atoms with E-state index in [1.165, 1.54) is 18.4 Å². The van der Waals surface area contributed by atoms with Crippen molar-refractivity contribution in [3.8, 4) is 6.07 Å². The summed E-state index contributed by atoms with van der Waals surface area (Å²) in [5.74, 6) is 0.628. The number of rotatable bonds is 7. The van der Waals surface area contributed by atoms with Gasteiger partial charge in [0.25, 0.3) is 0 Å². The summed E-state index contributed by atoms with van der Waals surface area (Å²) in [6.45, 7) is 6.70. The average molecular weight is 345 g/mol. The maximum absolute atomic E-state index is 12.5. The molecule has 0 aliphatic heterocycles. The number of carbonyl (C=O) groups is 1. The molecule has 0 fully saturated rings. The Hall–Kier alpha value is -1.86. The number of carbonyl (C=O) groups excluding carboxylic acids is 1. The minimum atomic E-state index is -0.204. The van der Waals surface area contributed by atoms with Gasteiger partial charge in [-0.2, -0.15) is 5.26 Å². The summed E-state index contributed by atoms with van der Waals surface area (Å²) >= 11 is 0. The molecular formula is C21H31NO3. The summed E-state index contributed by atoms with van der Waals surface area (Å²) in [6, 6.07) is 7.94. The molecular weight excluding hydrogens is 314 g/mol. The molecule has 25 heavy (non-hydrogen) atoms. The monoisotopic (exact) mass is 345 g/mol. The van der Waals surface area contributed by atoms with Crippen LogP contribution in [0.2, 0.25) is 0 Å². The van der Waals surface area contributed by atoms with Crippen molar-refractivity contribution >= 4 is 5.97 Å². The van der Waals surface area contributed by atoms with E-state index in [4.69, 9.17) is 15.1 Å². The van der Waals surface area contributed by atoms with Crippen molar-refractivity contribution in [1.29, 1.82) is 5.26 Å². The lowest BCUT2D eigenvalue weighted by molar-refractivity contribution is -0.146. The fourth-order valence-electron chi connectivity index (χ4n) is 3.89. The summed E-state index contributed by atoms with van der Waals surface area (Å²) in [7, 11) is 1.00. The molecule has 1 aliphatic carbocycles. The van der Waals surface area contributed by atoms with Gasteiger partial charge in [0.1, 0.15) is 0 Å². The van der Waals surface area contributed by atoms with Crippen molar-refractivity contribution in [2.45, 2.75) is 58.8 Å². The van der Waals surface area contributed by atoms with Gasteiger partial charge in [0.05, 0.1) is 24.2 Å². The first-order valence-corrected chi connectivity index (χ1v) is 9.28. The molecule has 1 aromatic carbocycles. The third kappa shape index (κ3) is 5.31. The maximum atomic E-state index is 12.5. The molecule has 1 aliphatic rings. The van der Waals surface area contributed by atoms with Crippen molar-refractivity contribution in [2.75, 3.05) is 13.7 Å². The van der Waals surface area contributed by atoms with Crippen LogP contribution >= 0.6 is 0 Å². The van der Waals surface area contributed by atoms with E-state index in [0.717, 1.165) is 31.9 Å². The van der Waals surface area contributed by atoms with Crippen LogP contribution in [0.5, 0.6) is 0 Å². The molecule has 3 atom stereocenters. The molecule has 0 radical (unpaired) electrons. The number of esters is 1. The molecule has 4 heteroatoms. The standard InChI is InChI=1S/C20H27NO2.CH4O/c1-4-7-14(5-2)10-17-12-16-9-8-15(13-21)11-18(16)19(17)20(22)23-6-3;1-2/h8-9,11,14,17,19H,4-7,10,12H2,1-3H3;2H,1H3/t14?,17-,19-;/m0./s1. The topological polar surface area (TPSA) is 70.3 Å². The van der Waals surface area contributed by atoms with Crippen LogP contribution in [0, 0.1) is 23.2 Å². The van der Waals surface area contributed by atoms with Crippen LogP contribution in [0.15, 0.2) is 18.2 Å². The van der Waals surface area contributed by atoms with Crippen LogP contribution in [0.4, 0.5) is 0 Å². The van der Waals surface area contributed by atoms with Crippen molar-refractivity contribution in [1.82, 2.24) is 0 Å². The first-order valence-electron chi connectivity index (χ1n) is 9.28. The highest BCUT2D eigenvalue weighted by molar-refractivity contribution is 5.80. The second-order valence-electron chi connectivity index (χ2n) is 6.52. The Morgan fingerprint density at radius 3 is 2.64 bits per heavy atom. The summed E-state index contributed by atoms with van der Waals surface area (Å²) < 4.78 is 5.34. The molecule has 0 spiro atoms. The molecule has 1 unspecified atom stereocenters. The van der Waals surface area contributed by atoms with Crippen LogP contribution in [-0.2, 0) is 16.0 Å². The van der Waals surface area contributed by atoms with E-state index in [1.807, 2.05) is 25.1 Å². The highest BCUT2D eigenvalue weighted by Crippen LogP contribution is 2.43. The molecule has 0 bridgehead atoms. The fourth-order valence-corrected chi connectivity index (χ4v) is 3.89. The highest BCUT2D eigenvalue weighted by atomic mass is 16.5. The molecule has 138 valence electrons. The lowest BCUT2D eigenvalue weighted by Gasteiger charge is -2.23. The third-order valence-corrected chi connectivity index (χ3v) is 5.01. The third-order valence-electron chi connectivity index (χ3n) is 5.01. The zero-order chi connectivity index (χ0) is 18.8. The van der Waals surface area contributed by atoms with Crippen molar-refractivity contribution in [2.24, 2.45) is 11.8 Å². The zero-order valence-electron chi connectivity index (χ0n) is 15.9. The largest absolute Gasteiger partial charge is 0.466 e. The Labute approximate surface area is 151 Å². The van der Waals surface area contributed by atoms with E-state index in [9.17, 15) is 4.79 Å². The van der Waals surface area contributed by atoms with E-state index < -0.39 is 0 Å². The van der Waals surface area contributed by atoms with Gasteiger partial charge in [0.2, 0.25) is 0 Å². The van der Waals surface area contributed by atoms with Crippen LogP contribution in [0.1, 0.15) is 69.1 Å². The lowest BCUT2D eigenvalue weighted by atomic mass is 9.82. The van der Waals surface area contributed by atoms with E-state index in [0.29, 0.717) is 24.0 Å². The minimum Gasteiger partial charge on any atom is -0.466 e. The Balaban J connectivity index is 0.00000151. The molecule has 0 saturated carbocycles. The highest BCUT2D eigenvalue weighted by Gasteiger charge is 2.39. The summed E-state index contributed by atoms with van der Waals surface area (Å²) in [5, 5.41) is 16.2. The second-order valence-corrected chi connectivity index (χ2v) is 6.52. The Morgan fingerprint density at radius 1 is 1.36 bits per heavy atom. The van der Waals surface area contributed by atoms with Gasteiger partial charge >= 0.3 is 5.97 Å². The average Bonchev–Trinajstić information content (AvgIpc) is 3.00. The second kappa shape index (κ2) is 10.9. The van der Waals surface area contributed by atoms with Crippen molar-refractivity contribution < 1.29 is 14.6 Å². The van der Waals surface area contributed by atoms with Gasteiger partial charge in [-0.25, -0.2) is 0 Å². The van der Waals surface area contributed by atoms with Crippen LogP contribution < -0.4 is 0 Å². The number of hydrogen-bond donors (Lipinski definition) is 1. The van der Waals surface area contributed by atoms with E-state index in [-0.39, 0.29) is 11.9 Å². The SMILES string of the molecule is CCCC(CC)C[C@H]1Cc2ccc(C#N)cc2[C@H]1C(=O)OCC.CO. The Morgan fingerprint density at radius 2 is 2.08 bits per heavy atom. The molecule has 1 aromatic rings. The molecule has 0 amide bonds. The van der Waals surface area contributed by atoms with Gasteiger partial charge in [0, 0.05) is 7.11 Å². The number of fused-ring (bicyclic) bond motifs is 1. The summed E-state index contributed by atoms with van der Waals surface area (Å²) in [6.07, 6.45) is 5.53.